The van der Waals surface area contributed by atoms with E-state index in [4.69, 9.17) is 4.74 Å². The van der Waals surface area contributed by atoms with E-state index in [0.717, 1.165) is 0 Å². The van der Waals surface area contributed by atoms with Crippen molar-refractivity contribution in [2.75, 3.05) is 7.11 Å². The van der Waals surface area contributed by atoms with Gasteiger partial charge in [-0.05, 0) is 31.1 Å². The Morgan fingerprint density at radius 1 is 1.19 bits per heavy atom. The highest BCUT2D eigenvalue weighted by Crippen LogP contribution is 2.41. The summed E-state index contributed by atoms with van der Waals surface area (Å²) in [7, 11) is -0.431. The van der Waals surface area contributed by atoms with Gasteiger partial charge in [0.15, 0.2) is 20.7 Å². The molecule has 0 saturated carbocycles. The summed E-state index contributed by atoms with van der Waals surface area (Å²) in [5, 5.41) is 0. The highest BCUT2D eigenvalue weighted by molar-refractivity contribution is 8.01. The zero-order chi connectivity index (χ0) is 15.6. The molecule has 0 spiro atoms. The number of ether oxygens (including phenoxy) is 1. The summed E-state index contributed by atoms with van der Waals surface area (Å²) in [4.78, 5) is 0.540. The van der Waals surface area contributed by atoms with E-state index in [1.54, 1.807) is 38.1 Å². The number of benzene rings is 1. The Hall–Kier alpha value is -1.58. The molecule has 1 aliphatic carbocycles. The summed E-state index contributed by atoms with van der Waals surface area (Å²) in [6, 6.07) is 3.13. The molecule has 0 aromatic heterocycles. The van der Waals surface area contributed by atoms with Crippen LogP contribution in [0.4, 0.5) is 13.2 Å². The summed E-state index contributed by atoms with van der Waals surface area (Å²) in [6.45, 7) is 3.52. The third-order valence-electron chi connectivity index (χ3n) is 3.13. The van der Waals surface area contributed by atoms with E-state index in [1.807, 2.05) is 0 Å². The van der Waals surface area contributed by atoms with Crippen LogP contribution >= 0.6 is 0 Å². The Morgan fingerprint density at radius 2 is 1.81 bits per heavy atom. The number of methoxy groups -OCH3 is 1. The minimum Gasteiger partial charge on any atom is -0.496 e. The first-order valence-corrected chi connectivity index (χ1v) is 7.64. The molecule has 21 heavy (non-hydrogen) atoms. The average molecular weight is 313 g/mol. The van der Waals surface area contributed by atoms with Gasteiger partial charge in [-0.25, -0.2) is 0 Å². The van der Waals surface area contributed by atoms with Crippen LogP contribution in [0, 0.1) is 13.8 Å². The molecule has 1 aliphatic rings. The standard InChI is InChI=1S/C16H16F3OS/c1-11-9-14(10-12(2)15(11)20-3)21(16(17,18)19)13-7-5-4-6-8-13/h4-6,9-10H,7H2,1-3H3/q+1. The number of allylic oxidation sites excluding steroid dienone is 3. The van der Waals surface area contributed by atoms with E-state index in [9.17, 15) is 13.2 Å². The van der Waals surface area contributed by atoms with Gasteiger partial charge in [-0.3, -0.25) is 0 Å². The lowest BCUT2D eigenvalue weighted by atomic mass is 10.1. The van der Waals surface area contributed by atoms with E-state index < -0.39 is 16.4 Å². The van der Waals surface area contributed by atoms with Crippen molar-refractivity contribution < 1.29 is 17.9 Å². The first-order valence-electron chi connectivity index (χ1n) is 6.41. The molecule has 5 heteroatoms. The zero-order valence-electron chi connectivity index (χ0n) is 12.0. The molecular weight excluding hydrogens is 297 g/mol. The van der Waals surface area contributed by atoms with Crippen molar-refractivity contribution >= 4 is 10.9 Å². The lowest BCUT2D eigenvalue weighted by Gasteiger charge is -2.14. The highest BCUT2D eigenvalue weighted by atomic mass is 32.2. The van der Waals surface area contributed by atoms with Gasteiger partial charge in [0, 0.05) is 18.6 Å². The molecule has 1 aromatic rings. The van der Waals surface area contributed by atoms with Crippen LogP contribution < -0.4 is 4.74 Å². The van der Waals surface area contributed by atoms with Crippen LogP contribution in [0.25, 0.3) is 0 Å². The van der Waals surface area contributed by atoms with Crippen molar-refractivity contribution in [3.8, 4) is 5.75 Å². The van der Waals surface area contributed by atoms with Crippen molar-refractivity contribution in [1.29, 1.82) is 0 Å². The zero-order valence-corrected chi connectivity index (χ0v) is 12.9. The minimum atomic E-state index is -4.31. The SMILES string of the molecule is COc1c(C)cc([S+](C2=C=CC=CC2)C(F)(F)F)cc1C. The molecule has 0 heterocycles. The summed E-state index contributed by atoms with van der Waals surface area (Å²) in [5.41, 5.74) is -0.127. The molecule has 0 aliphatic heterocycles. The van der Waals surface area contributed by atoms with Gasteiger partial charge >= 0.3 is 5.51 Å². The van der Waals surface area contributed by atoms with Crippen molar-refractivity contribution in [2.24, 2.45) is 0 Å². The predicted octanol–water partition coefficient (Wildman–Crippen LogP) is 4.81. The maximum atomic E-state index is 13.5. The summed E-state index contributed by atoms with van der Waals surface area (Å²) < 4.78 is 45.8. The van der Waals surface area contributed by atoms with Crippen LogP contribution in [0.2, 0.25) is 0 Å². The summed E-state index contributed by atoms with van der Waals surface area (Å²) in [6.07, 6.45) is 5.25. The van der Waals surface area contributed by atoms with E-state index in [1.165, 1.54) is 13.2 Å². The van der Waals surface area contributed by atoms with Gasteiger partial charge in [-0.1, -0.05) is 17.9 Å². The normalized spacial score (nSPS) is 15.8. The molecule has 1 unspecified atom stereocenters. The molecule has 0 saturated heterocycles. The summed E-state index contributed by atoms with van der Waals surface area (Å²) in [5.74, 6) is 0.637. The number of aryl methyl sites for hydroxylation is 2. The number of hydrogen-bond acceptors (Lipinski definition) is 1. The Labute approximate surface area is 125 Å². The van der Waals surface area contributed by atoms with Gasteiger partial charge in [-0.15, -0.1) is 13.2 Å². The molecule has 1 nitrogen and oxygen atoms in total. The quantitative estimate of drug-likeness (QED) is 0.575. The Kier molecular flexibility index (Phi) is 4.55. The van der Waals surface area contributed by atoms with Crippen LogP contribution in [0.5, 0.6) is 5.75 Å². The third-order valence-corrected chi connectivity index (χ3v) is 5.08. The summed E-state index contributed by atoms with van der Waals surface area (Å²) >= 11 is 0. The van der Waals surface area contributed by atoms with Crippen LogP contribution in [-0.2, 0) is 10.9 Å². The molecule has 1 atom stereocenters. The minimum absolute atomic E-state index is 0.268. The van der Waals surface area contributed by atoms with Gasteiger partial charge in [0.1, 0.15) is 5.75 Å². The molecule has 1 aromatic carbocycles. The smallest absolute Gasteiger partial charge is 0.496 e. The molecule has 112 valence electrons. The first-order chi connectivity index (χ1) is 9.84. The number of halogens is 3. The second-order valence-electron chi connectivity index (χ2n) is 4.71. The fraction of sp³-hybridized carbons (Fsp3) is 0.312. The monoisotopic (exact) mass is 313 g/mol. The Bertz CT molecular complexity index is 614. The van der Waals surface area contributed by atoms with Crippen molar-refractivity contribution in [3.63, 3.8) is 0 Å². The number of alkyl halides is 3. The largest absolute Gasteiger partial charge is 0.586 e. The average Bonchev–Trinajstić information content (AvgIpc) is 2.38. The first kappa shape index (κ1) is 15.8. The Balaban J connectivity index is 2.56. The molecule has 0 fully saturated rings. The van der Waals surface area contributed by atoms with Gasteiger partial charge in [-0.2, -0.15) is 0 Å². The third kappa shape index (κ3) is 3.36. The molecule has 0 amide bonds. The second-order valence-corrected chi connectivity index (χ2v) is 6.75. The lowest BCUT2D eigenvalue weighted by Crippen LogP contribution is -2.25. The number of hydrogen-bond donors (Lipinski definition) is 0. The second kappa shape index (κ2) is 6.04. The topological polar surface area (TPSA) is 9.23 Å². The van der Waals surface area contributed by atoms with E-state index >= 15 is 0 Å². The van der Waals surface area contributed by atoms with Crippen molar-refractivity contribution in [3.05, 3.63) is 52.1 Å². The molecule has 2 rings (SSSR count). The van der Waals surface area contributed by atoms with Crippen molar-refractivity contribution in [2.45, 2.75) is 30.7 Å². The van der Waals surface area contributed by atoms with Crippen LogP contribution in [0.15, 0.2) is 45.9 Å². The van der Waals surface area contributed by atoms with Crippen LogP contribution in [-0.4, -0.2) is 12.6 Å². The maximum absolute atomic E-state index is 13.5. The number of rotatable bonds is 3. The molecular formula is C16H16F3OS+. The van der Waals surface area contributed by atoms with Gasteiger partial charge in [0.2, 0.25) is 0 Å². The van der Waals surface area contributed by atoms with Crippen LogP contribution in [0.3, 0.4) is 0 Å². The lowest BCUT2D eigenvalue weighted by molar-refractivity contribution is -0.0363. The van der Waals surface area contributed by atoms with E-state index in [-0.39, 0.29) is 16.2 Å². The fourth-order valence-electron chi connectivity index (χ4n) is 2.35. The maximum Gasteiger partial charge on any atom is 0.586 e. The highest BCUT2D eigenvalue weighted by Gasteiger charge is 2.55. The molecule has 0 radical (unpaired) electrons. The predicted molar refractivity (Wildman–Crippen MR) is 79.5 cm³/mol. The van der Waals surface area contributed by atoms with Crippen LogP contribution in [0.1, 0.15) is 17.5 Å². The van der Waals surface area contributed by atoms with Gasteiger partial charge in [0.05, 0.1) is 7.11 Å². The Morgan fingerprint density at radius 3 is 2.24 bits per heavy atom. The fourth-order valence-corrected chi connectivity index (χ4v) is 4.22. The molecule has 0 N–H and O–H groups in total. The van der Waals surface area contributed by atoms with E-state index in [2.05, 4.69) is 5.73 Å². The van der Waals surface area contributed by atoms with Gasteiger partial charge in [0.25, 0.3) is 0 Å². The van der Waals surface area contributed by atoms with E-state index in [0.29, 0.717) is 16.9 Å². The molecule has 0 bridgehead atoms. The van der Waals surface area contributed by atoms with Gasteiger partial charge < -0.3 is 4.74 Å². The van der Waals surface area contributed by atoms with Crippen molar-refractivity contribution in [1.82, 2.24) is 0 Å².